The highest BCUT2D eigenvalue weighted by molar-refractivity contribution is 7.79. The van der Waals surface area contributed by atoms with Crippen LogP contribution in [0.25, 0.3) is 0 Å². The van der Waals surface area contributed by atoms with Gasteiger partial charge in [-0.1, -0.05) is 0 Å². The van der Waals surface area contributed by atoms with Crippen molar-refractivity contribution in [3.63, 3.8) is 0 Å². The zero-order valence-electron chi connectivity index (χ0n) is 5.65. The molecule has 0 spiro atoms. The van der Waals surface area contributed by atoms with Crippen LogP contribution < -0.4 is 0 Å². The molecule has 0 aliphatic rings. The number of hydrogen-bond donors (Lipinski definition) is 3. The van der Waals surface area contributed by atoms with E-state index in [9.17, 15) is 0 Å². The van der Waals surface area contributed by atoms with Gasteiger partial charge in [0.15, 0.2) is 0 Å². The van der Waals surface area contributed by atoms with Crippen molar-refractivity contribution in [2.75, 3.05) is 6.26 Å². The van der Waals surface area contributed by atoms with Crippen molar-refractivity contribution >= 4 is 12.6 Å². The standard InChI is InChI=1S/C6H6O2.CH4S/c7-5-1-2-6(8)4-3-5;1-2/h1-4,7-8H;2H,1H3. The first-order valence-corrected chi connectivity index (χ1v) is 3.61. The molecule has 1 rings (SSSR count). The lowest BCUT2D eigenvalue weighted by Gasteiger charge is -1.88. The smallest absolute Gasteiger partial charge is 0.115 e. The van der Waals surface area contributed by atoms with Gasteiger partial charge in [0.2, 0.25) is 0 Å². The predicted octanol–water partition coefficient (Wildman–Crippen LogP) is 1.64. The third-order valence-electron chi connectivity index (χ3n) is 0.850. The average Bonchev–Trinajstić information content (AvgIpc) is 2.00. The van der Waals surface area contributed by atoms with Crippen molar-refractivity contribution in [3.05, 3.63) is 24.3 Å². The molecule has 10 heavy (non-hydrogen) atoms. The van der Waals surface area contributed by atoms with Crippen LogP contribution in [0.5, 0.6) is 11.5 Å². The summed E-state index contributed by atoms with van der Waals surface area (Å²) in [6.07, 6.45) is 1.69. The fourth-order valence-electron chi connectivity index (χ4n) is 0.453. The first-order valence-electron chi connectivity index (χ1n) is 2.72. The molecule has 3 heteroatoms. The average molecular weight is 158 g/mol. The van der Waals surface area contributed by atoms with E-state index in [1.165, 1.54) is 24.3 Å². The summed E-state index contributed by atoms with van der Waals surface area (Å²) in [4.78, 5) is 0. The Hall–Kier alpha value is -0.830. The molecule has 0 saturated carbocycles. The molecule has 0 unspecified atom stereocenters. The molecule has 0 aliphatic heterocycles. The van der Waals surface area contributed by atoms with Crippen molar-refractivity contribution < 1.29 is 10.2 Å². The summed E-state index contributed by atoms with van der Waals surface area (Å²) in [6.45, 7) is 0. The van der Waals surface area contributed by atoms with E-state index in [1.54, 1.807) is 6.26 Å². The van der Waals surface area contributed by atoms with Crippen molar-refractivity contribution in [1.82, 2.24) is 0 Å². The summed E-state index contributed by atoms with van der Waals surface area (Å²) in [6, 6.07) is 5.70. The second-order valence-corrected chi connectivity index (χ2v) is 1.52. The zero-order valence-corrected chi connectivity index (χ0v) is 6.55. The summed E-state index contributed by atoms with van der Waals surface area (Å²) in [5.74, 6) is 0.339. The maximum absolute atomic E-state index is 8.65. The maximum Gasteiger partial charge on any atom is 0.115 e. The second-order valence-electron chi connectivity index (χ2n) is 1.52. The molecule has 56 valence electrons. The van der Waals surface area contributed by atoms with E-state index in [2.05, 4.69) is 12.6 Å². The van der Waals surface area contributed by atoms with Crippen LogP contribution in [0.15, 0.2) is 24.3 Å². The monoisotopic (exact) mass is 158 g/mol. The van der Waals surface area contributed by atoms with Gasteiger partial charge in [0, 0.05) is 0 Å². The van der Waals surface area contributed by atoms with Gasteiger partial charge in [-0.15, -0.1) is 0 Å². The Morgan fingerprint density at radius 2 is 1.10 bits per heavy atom. The van der Waals surface area contributed by atoms with Crippen LogP contribution in [-0.2, 0) is 0 Å². The Bertz CT molecular complexity index is 150. The van der Waals surface area contributed by atoms with E-state index < -0.39 is 0 Å². The molecule has 0 aromatic heterocycles. The molecule has 0 aliphatic carbocycles. The number of phenols is 2. The SMILES string of the molecule is CS.Oc1ccc(O)cc1. The lowest BCUT2D eigenvalue weighted by Crippen LogP contribution is -1.61. The molecule has 2 nitrogen and oxygen atoms in total. The minimum Gasteiger partial charge on any atom is -0.508 e. The Balaban J connectivity index is 0.000000371. The molecule has 0 atom stereocenters. The maximum atomic E-state index is 8.65. The van der Waals surface area contributed by atoms with E-state index >= 15 is 0 Å². The predicted molar refractivity (Wildman–Crippen MR) is 44.7 cm³/mol. The highest BCUT2D eigenvalue weighted by Gasteiger charge is 1.84. The van der Waals surface area contributed by atoms with Gasteiger partial charge in [-0.3, -0.25) is 0 Å². The zero-order chi connectivity index (χ0) is 7.98. The minimum atomic E-state index is 0.169. The van der Waals surface area contributed by atoms with Gasteiger partial charge in [0.1, 0.15) is 11.5 Å². The Morgan fingerprint density at radius 1 is 0.900 bits per heavy atom. The number of benzene rings is 1. The summed E-state index contributed by atoms with van der Waals surface area (Å²) in [5, 5.41) is 17.3. The van der Waals surface area contributed by atoms with Gasteiger partial charge in [-0.2, -0.15) is 12.6 Å². The first kappa shape index (κ1) is 9.17. The molecular weight excluding hydrogens is 148 g/mol. The highest BCUT2D eigenvalue weighted by Crippen LogP contribution is 2.13. The van der Waals surface area contributed by atoms with Crippen LogP contribution >= 0.6 is 12.6 Å². The van der Waals surface area contributed by atoms with Crippen molar-refractivity contribution in [2.45, 2.75) is 0 Å². The van der Waals surface area contributed by atoms with Crippen LogP contribution in [0, 0.1) is 0 Å². The van der Waals surface area contributed by atoms with E-state index in [4.69, 9.17) is 10.2 Å². The Kier molecular flexibility index (Phi) is 4.58. The fraction of sp³-hybridized carbons (Fsp3) is 0.143. The molecule has 1 aromatic carbocycles. The summed E-state index contributed by atoms with van der Waals surface area (Å²) in [5.41, 5.74) is 0. The number of rotatable bonds is 0. The quantitative estimate of drug-likeness (QED) is 0.397. The molecule has 0 fully saturated rings. The second kappa shape index (κ2) is 4.99. The van der Waals surface area contributed by atoms with Crippen LogP contribution in [0.4, 0.5) is 0 Å². The third kappa shape index (κ3) is 3.25. The first-order chi connectivity index (χ1) is 4.79. The fourth-order valence-corrected chi connectivity index (χ4v) is 0.453. The van der Waals surface area contributed by atoms with Crippen molar-refractivity contribution in [2.24, 2.45) is 0 Å². The van der Waals surface area contributed by atoms with Gasteiger partial charge in [-0.05, 0) is 30.5 Å². The van der Waals surface area contributed by atoms with Crippen LogP contribution in [0.3, 0.4) is 0 Å². The van der Waals surface area contributed by atoms with Crippen LogP contribution in [0.1, 0.15) is 0 Å². The normalized spacial score (nSPS) is 7.80. The highest BCUT2D eigenvalue weighted by atomic mass is 32.1. The summed E-state index contributed by atoms with van der Waals surface area (Å²) in [7, 11) is 0. The van der Waals surface area contributed by atoms with E-state index in [0.29, 0.717) is 0 Å². The summed E-state index contributed by atoms with van der Waals surface area (Å²) >= 11 is 3.53. The van der Waals surface area contributed by atoms with E-state index in [1.807, 2.05) is 0 Å². The number of aromatic hydroxyl groups is 2. The van der Waals surface area contributed by atoms with Crippen LogP contribution in [-0.4, -0.2) is 16.5 Å². The molecule has 0 bridgehead atoms. The molecule has 2 N–H and O–H groups in total. The molecule has 1 aromatic rings. The number of hydrogen-bond acceptors (Lipinski definition) is 3. The van der Waals surface area contributed by atoms with Gasteiger partial charge in [0.25, 0.3) is 0 Å². The number of thiol groups is 1. The largest absolute Gasteiger partial charge is 0.508 e. The Labute approximate surface area is 65.5 Å². The van der Waals surface area contributed by atoms with Crippen molar-refractivity contribution in [3.8, 4) is 11.5 Å². The lowest BCUT2D eigenvalue weighted by molar-refractivity contribution is 0.460. The Morgan fingerprint density at radius 3 is 1.30 bits per heavy atom. The van der Waals surface area contributed by atoms with E-state index in [-0.39, 0.29) is 11.5 Å². The van der Waals surface area contributed by atoms with Gasteiger partial charge >= 0.3 is 0 Å². The molecule has 0 saturated heterocycles. The molecular formula is C7H10O2S. The van der Waals surface area contributed by atoms with Gasteiger partial charge < -0.3 is 10.2 Å². The molecule has 0 amide bonds. The summed E-state index contributed by atoms with van der Waals surface area (Å²) < 4.78 is 0. The number of phenolic OH excluding ortho intramolecular Hbond substituents is 2. The molecule has 0 heterocycles. The third-order valence-corrected chi connectivity index (χ3v) is 0.850. The van der Waals surface area contributed by atoms with E-state index in [0.717, 1.165) is 0 Å². The van der Waals surface area contributed by atoms with Crippen molar-refractivity contribution in [1.29, 1.82) is 0 Å². The van der Waals surface area contributed by atoms with Gasteiger partial charge in [-0.25, -0.2) is 0 Å². The topological polar surface area (TPSA) is 40.5 Å². The van der Waals surface area contributed by atoms with Crippen LogP contribution in [0.2, 0.25) is 0 Å². The minimum absolute atomic E-state index is 0.169. The van der Waals surface area contributed by atoms with Gasteiger partial charge in [0.05, 0.1) is 0 Å². The molecule has 0 radical (unpaired) electrons. The lowest BCUT2D eigenvalue weighted by atomic mass is 10.3.